The number of benzene rings is 1. The number of hydrogen-bond donors (Lipinski definition) is 0. The van der Waals surface area contributed by atoms with Gasteiger partial charge >= 0.3 is 5.97 Å². The SMILES string of the molecule is CCOC(=O)/C=C(/C)Cc1ccccc1. The number of carbonyl (C=O) groups excluding carboxylic acids is 1. The second-order valence-electron chi connectivity index (χ2n) is 3.41. The lowest BCUT2D eigenvalue weighted by Gasteiger charge is -2.01. The Balaban J connectivity index is 2.55. The maximum atomic E-state index is 11.1. The van der Waals surface area contributed by atoms with E-state index in [2.05, 4.69) is 0 Å². The Morgan fingerprint density at radius 1 is 1.33 bits per heavy atom. The molecule has 0 radical (unpaired) electrons. The predicted molar refractivity (Wildman–Crippen MR) is 60.5 cm³/mol. The quantitative estimate of drug-likeness (QED) is 0.557. The third-order valence-electron chi connectivity index (χ3n) is 1.98. The standard InChI is InChI=1S/C13H16O2/c1-3-15-13(14)10-11(2)9-12-7-5-4-6-8-12/h4-8,10H,3,9H2,1-2H3/b11-10-. The Morgan fingerprint density at radius 3 is 2.60 bits per heavy atom. The maximum absolute atomic E-state index is 11.1. The van der Waals surface area contributed by atoms with Crippen LogP contribution in [0.5, 0.6) is 0 Å². The fourth-order valence-electron chi connectivity index (χ4n) is 1.35. The molecule has 0 N–H and O–H groups in total. The van der Waals surface area contributed by atoms with E-state index in [1.165, 1.54) is 5.56 Å². The molecule has 0 atom stereocenters. The molecular formula is C13H16O2. The van der Waals surface area contributed by atoms with Crippen molar-refractivity contribution in [2.45, 2.75) is 20.3 Å². The molecule has 15 heavy (non-hydrogen) atoms. The number of hydrogen-bond acceptors (Lipinski definition) is 2. The van der Waals surface area contributed by atoms with Crippen LogP contribution in [0.1, 0.15) is 19.4 Å². The van der Waals surface area contributed by atoms with Gasteiger partial charge in [-0.2, -0.15) is 0 Å². The van der Waals surface area contributed by atoms with Crippen LogP contribution in [0.3, 0.4) is 0 Å². The van der Waals surface area contributed by atoms with E-state index in [4.69, 9.17) is 4.74 Å². The summed E-state index contributed by atoms with van der Waals surface area (Å²) in [4.78, 5) is 11.1. The van der Waals surface area contributed by atoms with Crippen LogP contribution in [0.15, 0.2) is 42.0 Å². The van der Waals surface area contributed by atoms with E-state index in [-0.39, 0.29) is 5.97 Å². The van der Waals surface area contributed by atoms with Gasteiger partial charge in [-0.1, -0.05) is 35.9 Å². The molecule has 1 rings (SSSR count). The van der Waals surface area contributed by atoms with Crippen LogP contribution in [-0.2, 0) is 16.0 Å². The highest BCUT2D eigenvalue weighted by atomic mass is 16.5. The molecule has 0 amide bonds. The Bertz CT molecular complexity index is 339. The first-order valence-corrected chi connectivity index (χ1v) is 5.10. The molecule has 0 fully saturated rings. The summed E-state index contributed by atoms with van der Waals surface area (Å²) in [5, 5.41) is 0. The second kappa shape index (κ2) is 6.02. The number of carbonyl (C=O) groups is 1. The van der Waals surface area contributed by atoms with Gasteiger partial charge in [0.1, 0.15) is 0 Å². The first-order chi connectivity index (χ1) is 7.22. The van der Waals surface area contributed by atoms with Crippen molar-refractivity contribution in [3.63, 3.8) is 0 Å². The van der Waals surface area contributed by atoms with E-state index >= 15 is 0 Å². The third-order valence-corrected chi connectivity index (χ3v) is 1.98. The van der Waals surface area contributed by atoms with Crippen LogP contribution in [0.2, 0.25) is 0 Å². The number of esters is 1. The van der Waals surface area contributed by atoms with Gasteiger partial charge in [-0.25, -0.2) is 4.79 Å². The minimum atomic E-state index is -0.258. The Labute approximate surface area is 90.6 Å². The van der Waals surface area contributed by atoms with Crippen molar-refractivity contribution >= 4 is 5.97 Å². The fraction of sp³-hybridized carbons (Fsp3) is 0.308. The highest BCUT2D eigenvalue weighted by molar-refractivity contribution is 5.82. The van der Waals surface area contributed by atoms with E-state index in [1.54, 1.807) is 13.0 Å². The third kappa shape index (κ3) is 4.45. The lowest BCUT2D eigenvalue weighted by molar-refractivity contribution is -0.137. The van der Waals surface area contributed by atoms with Crippen molar-refractivity contribution in [2.75, 3.05) is 6.61 Å². The molecule has 1 aromatic rings. The summed E-state index contributed by atoms with van der Waals surface area (Å²) >= 11 is 0. The number of allylic oxidation sites excluding steroid dienone is 1. The summed E-state index contributed by atoms with van der Waals surface area (Å²) in [6.45, 7) is 4.16. The fourth-order valence-corrected chi connectivity index (χ4v) is 1.35. The summed E-state index contributed by atoms with van der Waals surface area (Å²) < 4.78 is 4.83. The number of rotatable bonds is 4. The second-order valence-corrected chi connectivity index (χ2v) is 3.41. The van der Waals surface area contributed by atoms with Gasteiger partial charge < -0.3 is 4.74 Å². The zero-order valence-corrected chi connectivity index (χ0v) is 9.19. The average molecular weight is 204 g/mol. The maximum Gasteiger partial charge on any atom is 0.330 e. The van der Waals surface area contributed by atoms with Gasteiger partial charge in [0.15, 0.2) is 0 Å². The largest absolute Gasteiger partial charge is 0.463 e. The summed E-state index contributed by atoms with van der Waals surface area (Å²) in [7, 11) is 0. The van der Waals surface area contributed by atoms with Crippen LogP contribution >= 0.6 is 0 Å². The van der Waals surface area contributed by atoms with Gasteiger partial charge in [-0.05, 0) is 25.8 Å². The molecule has 0 unspecified atom stereocenters. The Morgan fingerprint density at radius 2 is 2.00 bits per heavy atom. The zero-order chi connectivity index (χ0) is 11.1. The van der Waals surface area contributed by atoms with E-state index in [0.29, 0.717) is 6.61 Å². The van der Waals surface area contributed by atoms with Crippen molar-refractivity contribution in [3.05, 3.63) is 47.5 Å². The first kappa shape index (κ1) is 11.5. The molecule has 0 saturated heterocycles. The molecule has 0 aromatic heterocycles. The van der Waals surface area contributed by atoms with Crippen molar-refractivity contribution in [1.29, 1.82) is 0 Å². The Kier molecular flexibility index (Phi) is 4.61. The molecule has 0 heterocycles. The number of ether oxygens (including phenoxy) is 1. The van der Waals surface area contributed by atoms with Gasteiger partial charge in [0.2, 0.25) is 0 Å². The van der Waals surface area contributed by atoms with Crippen molar-refractivity contribution in [1.82, 2.24) is 0 Å². The summed E-state index contributed by atoms with van der Waals surface area (Å²) in [5.74, 6) is -0.258. The Hall–Kier alpha value is -1.57. The van der Waals surface area contributed by atoms with Crippen LogP contribution in [-0.4, -0.2) is 12.6 Å². The predicted octanol–water partition coefficient (Wildman–Crippen LogP) is 2.74. The van der Waals surface area contributed by atoms with Crippen LogP contribution in [0, 0.1) is 0 Å². The van der Waals surface area contributed by atoms with Crippen LogP contribution in [0.4, 0.5) is 0 Å². The van der Waals surface area contributed by atoms with Gasteiger partial charge in [0.05, 0.1) is 6.61 Å². The summed E-state index contributed by atoms with van der Waals surface area (Å²) in [6, 6.07) is 10.1. The van der Waals surface area contributed by atoms with Crippen LogP contribution in [0.25, 0.3) is 0 Å². The minimum absolute atomic E-state index is 0.258. The highest BCUT2D eigenvalue weighted by Crippen LogP contribution is 2.07. The van der Waals surface area contributed by atoms with Crippen molar-refractivity contribution in [2.24, 2.45) is 0 Å². The van der Waals surface area contributed by atoms with E-state index in [9.17, 15) is 4.79 Å². The van der Waals surface area contributed by atoms with Crippen molar-refractivity contribution < 1.29 is 9.53 Å². The molecule has 0 saturated carbocycles. The van der Waals surface area contributed by atoms with Gasteiger partial charge in [0.25, 0.3) is 0 Å². The first-order valence-electron chi connectivity index (χ1n) is 5.10. The molecule has 0 aliphatic heterocycles. The molecule has 2 heteroatoms. The van der Waals surface area contributed by atoms with Crippen molar-refractivity contribution in [3.8, 4) is 0 Å². The molecule has 2 nitrogen and oxygen atoms in total. The van der Waals surface area contributed by atoms with E-state index in [1.807, 2.05) is 37.3 Å². The summed E-state index contributed by atoms with van der Waals surface area (Å²) in [6.07, 6.45) is 2.34. The highest BCUT2D eigenvalue weighted by Gasteiger charge is 1.99. The molecule has 0 aliphatic carbocycles. The van der Waals surface area contributed by atoms with Crippen LogP contribution < -0.4 is 0 Å². The van der Waals surface area contributed by atoms with E-state index in [0.717, 1.165) is 12.0 Å². The topological polar surface area (TPSA) is 26.3 Å². The molecule has 0 aliphatic rings. The molecule has 80 valence electrons. The average Bonchev–Trinajstić information content (AvgIpc) is 2.19. The molecule has 0 spiro atoms. The van der Waals surface area contributed by atoms with Gasteiger partial charge in [-0.15, -0.1) is 0 Å². The van der Waals surface area contributed by atoms with Gasteiger partial charge in [0, 0.05) is 6.08 Å². The lowest BCUT2D eigenvalue weighted by atomic mass is 10.1. The lowest BCUT2D eigenvalue weighted by Crippen LogP contribution is -2.01. The summed E-state index contributed by atoms with van der Waals surface area (Å²) in [5.41, 5.74) is 2.22. The zero-order valence-electron chi connectivity index (χ0n) is 9.19. The molecule has 0 bridgehead atoms. The normalized spacial score (nSPS) is 11.2. The minimum Gasteiger partial charge on any atom is -0.463 e. The molecule has 1 aromatic carbocycles. The molecular weight excluding hydrogens is 188 g/mol. The van der Waals surface area contributed by atoms with Gasteiger partial charge in [-0.3, -0.25) is 0 Å². The monoisotopic (exact) mass is 204 g/mol. The van der Waals surface area contributed by atoms with E-state index < -0.39 is 0 Å². The smallest absolute Gasteiger partial charge is 0.330 e.